The van der Waals surface area contributed by atoms with Crippen molar-refractivity contribution < 1.29 is 9.47 Å². The molecule has 106 valence electrons. The highest BCUT2D eigenvalue weighted by molar-refractivity contribution is 5.40. The van der Waals surface area contributed by atoms with Crippen molar-refractivity contribution >= 4 is 0 Å². The molecule has 0 saturated heterocycles. The van der Waals surface area contributed by atoms with Crippen LogP contribution in [-0.4, -0.2) is 25.9 Å². The summed E-state index contributed by atoms with van der Waals surface area (Å²) in [6, 6.07) is 7.33. The van der Waals surface area contributed by atoms with Crippen LogP contribution in [-0.2, 0) is 11.2 Å². The third-order valence-corrected chi connectivity index (χ3v) is 3.58. The predicted octanol–water partition coefficient (Wildman–Crippen LogP) is 3.09. The van der Waals surface area contributed by atoms with Gasteiger partial charge in [0.25, 0.3) is 0 Å². The molecule has 0 spiro atoms. The van der Waals surface area contributed by atoms with E-state index in [9.17, 15) is 0 Å². The highest BCUT2D eigenvalue weighted by atomic mass is 16.5. The van der Waals surface area contributed by atoms with Crippen molar-refractivity contribution in [3.63, 3.8) is 0 Å². The molecule has 2 unspecified atom stereocenters. The van der Waals surface area contributed by atoms with Crippen molar-refractivity contribution in [3.8, 4) is 5.75 Å². The van der Waals surface area contributed by atoms with E-state index >= 15 is 0 Å². The molecule has 0 amide bonds. The topological polar surface area (TPSA) is 30.5 Å². The van der Waals surface area contributed by atoms with Crippen molar-refractivity contribution in [2.75, 3.05) is 19.8 Å². The summed E-state index contributed by atoms with van der Waals surface area (Å²) in [5.41, 5.74) is 2.70. The van der Waals surface area contributed by atoms with E-state index in [1.807, 2.05) is 6.92 Å². The van der Waals surface area contributed by atoms with Gasteiger partial charge in [-0.3, -0.25) is 0 Å². The highest BCUT2D eigenvalue weighted by Gasteiger charge is 2.17. The van der Waals surface area contributed by atoms with Gasteiger partial charge in [0.2, 0.25) is 0 Å². The molecule has 1 aliphatic heterocycles. The Bertz CT molecular complexity index is 406. The number of fused-ring (bicyclic) bond motifs is 1. The van der Waals surface area contributed by atoms with E-state index in [-0.39, 0.29) is 0 Å². The van der Waals surface area contributed by atoms with Crippen molar-refractivity contribution in [1.82, 2.24) is 5.32 Å². The zero-order valence-corrected chi connectivity index (χ0v) is 12.2. The lowest BCUT2D eigenvalue weighted by molar-refractivity contribution is 0.123. The Labute approximate surface area is 116 Å². The Kier molecular flexibility index (Phi) is 5.23. The first kappa shape index (κ1) is 14.4. The molecule has 0 radical (unpaired) electrons. The monoisotopic (exact) mass is 263 g/mol. The molecule has 2 rings (SSSR count). The molecule has 0 bridgehead atoms. The first-order chi connectivity index (χ1) is 9.24. The molecule has 1 N–H and O–H groups in total. The lowest BCUT2D eigenvalue weighted by Crippen LogP contribution is -2.34. The molecule has 0 fully saturated rings. The van der Waals surface area contributed by atoms with Crippen LogP contribution in [0.15, 0.2) is 18.2 Å². The molecule has 1 heterocycles. The number of hydrogen-bond donors (Lipinski definition) is 1. The molecule has 19 heavy (non-hydrogen) atoms. The molecule has 2 atom stereocenters. The second-order valence-corrected chi connectivity index (χ2v) is 5.15. The van der Waals surface area contributed by atoms with Gasteiger partial charge in [-0.15, -0.1) is 0 Å². The minimum atomic E-state index is 0.370. The fraction of sp³-hybridized carbons (Fsp3) is 0.625. The Morgan fingerprint density at radius 2 is 2.21 bits per heavy atom. The van der Waals surface area contributed by atoms with E-state index in [0.717, 1.165) is 38.4 Å². The van der Waals surface area contributed by atoms with Crippen LogP contribution in [0.2, 0.25) is 0 Å². The van der Waals surface area contributed by atoms with E-state index in [1.54, 1.807) is 0 Å². The Morgan fingerprint density at radius 3 is 2.95 bits per heavy atom. The van der Waals surface area contributed by atoms with Gasteiger partial charge in [0.15, 0.2) is 0 Å². The minimum absolute atomic E-state index is 0.370. The van der Waals surface area contributed by atoms with Gasteiger partial charge in [0.05, 0.1) is 13.2 Å². The molecule has 0 aromatic heterocycles. The Hall–Kier alpha value is -1.06. The maximum absolute atomic E-state index is 5.56. The van der Waals surface area contributed by atoms with Crippen LogP contribution >= 0.6 is 0 Å². The summed E-state index contributed by atoms with van der Waals surface area (Å²) in [6.45, 7) is 8.79. The van der Waals surface area contributed by atoms with Crippen LogP contribution < -0.4 is 10.1 Å². The number of nitrogens with one attached hydrogen (secondary N) is 1. The molecular weight excluding hydrogens is 238 g/mol. The van der Waals surface area contributed by atoms with Gasteiger partial charge in [-0.1, -0.05) is 19.1 Å². The van der Waals surface area contributed by atoms with Crippen molar-refractivity contribution in [2.24, 2.45) is 0 Å². The summed E-state index contributed by atoms with van der Waals surface area (Å²) in [5, 5.41) is 3.64. The average Bonchev–Trinajstić information content (AvgIpc) is 2.89. The second-order valence-electron chi connectivity index (χ2n) is 5.15. The zero-order valence-electron chi connectivity index (χ0n) is 12.2. The normalized spacial score (nSPS) is 16.8. The summed E-state index contributed by atoms with van der Waals surface area (Å²) in [6.07, 6.45) is 2.12. The second kappa shape index (κ2) is 6.92. The highest BCUT2D eigenvalue weighted by Crippen LogP contribution is 2.29. The van der Waals surface area contributed by atoms with E-state index in [4.69, 9.17) is 9.47 Å². The molecule has 1 aromatic carbocycles. The van der Waals surface area contributed by atoms with Gasteiger partial charge in [-0.2, -0.15) is 0 Å². The first-order valence-corrected chi connectivity index (χ1v) is 7.34. The number of rotatable bonds is 7. The standard InChI is InChI=1S/C16H25NO2/c1-4-15(17-12(3)11-18-5-2)13-6-7-16-14(10-13)8-9-19-16/h6-7,10,12,15,17H,4-5,8-9,11H2,1-3H3. The van der Waals surface area contributed by atoms with Crippen LogP contribution in [0.3, 0.4) is 0 Å². The van der Waals surface area contributed by atoms with Crippen LogP contribution in [0.1, 0.15) is 44.4 Å². The summed E-state index contributed by atoms with van der Waals surface area (Å²) >= 11 is 0. The fourth-order valence-electron chi connectivity index (χ4n) is 2.56. The SMILES string of the molecule is CCOCC(C)NC(CC)c1ccc2c(c1)CCO2. The van der Waals surface area contributed by atoms with E-state index in [2.05, 4.69) is 37.4 Å². The third-order valence-electron chi connectivity index (χ3n) is 3.58. The van der Waals surface area contributed by atoms with Gasteiger partial charge >= 0.3 is 0 Å². The molecule has 3 heteroatoms. The Morgan fingerprint density at radius 1 is 1.37 bits per heavy atom. The van der Waals surface area contributed by atoms with E-state index < -0.39 is 0 Å². The summed E-state index contributed by atoms with van der Waals surface area (Å²) in [7, 11) is 0. The molecular formula is C16H25NO2. The van der Waals surface area contributed by atoms with Crippen LogP contribution in [0, 0.1) is 0 Å². The van der Waals surface area contributed by atoms with Crippen LogP contribution in [0.4, 0.5) is 0 Å². The first-order valence-electron chi connectivity index (χ1n) is 7.34. The average molecular weight is 263 g/mol. The van der Waals surface area contributed by atoms with Gasteiger partial charge in [0, 0.05) is 25.1 Å². The largest absolute Gasteiger partial charge is 0.493 e. The van der Waals surface area contributed by atoms with Crippen molar-refractivity contribution in [1.29, 1.82) is 0 Å². The van der Waals surface area contributed by atoms with Gasteiger partial charge in [-0.05, 0) is 37.5 Å². The summed E-state index contributed by atoms with van der Waals surface area (Å²) in [5.74, 6) is 1.06. The summed E-state index contributed by atoms with van der Waals surface area (Å²) < 4.78 is 11.0. The molecule has 1 aromatic rings. The van der Waals surface area contributed by atoms with Gasteiger partial charge in [0.1, 0.15) is 5.75 Å². The van der Waals surface area contributed by atoms with Gasteiger partial charge < -0.3 is 14.8 Å². The van der Waals surface area contributed by atoms with E-state index in [0.29, 0.717) is 12.1 Å². The molecule has 0 saturated carbocycles. The summed E-state index contributed by atoms with van der Waals surface area (Å²) in [4.78, 5) is 0. The molecule has 1 aliphatic rings. The Balaban J connectivity index is 2.00. The zero-order chi connectivity index (χ0) is 13.7. The van der Waals surface area contributed by atoms with Crippen LogP contribution in [0.5, 0.6) is 5.75 Å². The smallest absolute Gasteiger partial charge is 0.122 e. The van der Waals surface area contributed by atoms with Crippen molar-refractivity contribution in [2.45, 2.75) is 45.7 Å². The fourth-order valence-corrected chi connectivity index (χ4v) is 2.56. The minimum Gasteiger partial charge on any atom is -0.493 e. The molecule has 3 nitrogen and oxygen atoms in total. The third kappa shape index (κ3) is 3.71. The maximum atomic E-state index is 5.56. The van der Waals surface area contributed by atoms with Crippen molar-refractivity contribution in [3.05, 3.63) is 29.3 Å². The van der Waals surface area contributed by atoms with Gasteiger partial charge in [-0.25, -0.2) is 0 Å². The van der Waals surface area contributed by atoms with E-state index in [1.165, 1.54) is 11.1 Å². The van der Waals surface area contributed by atoms with Crippen LogP contribution in [0.25, 0.3) is 0 Å². The number of benzene rings is 1. The lowest BCUT2D eigenvalue weighted by atomic mass is 10.00. The number of ether oxygens (including phenoxy) is 2. The maximum Gasteiger partial charge on any atom is 0.122 e. The lowest BCUT2D eigenvalue weighted by Gasteiger charge is -2.23. The number of hydrogen-bond acceptors (Lipinski definition) is 3. The predicted molar refractivity (Wildman–Crippen MR) is 77.8 cm³/mol. The molecule has 0 aliphatic carbocycles. The quantitative estimate of drug-likeness (QED) is 0.820.